The molecule has 0 bridgehead atoms. The van der Waals surface area contributed by atoms with E-state index in [0.717, 1.165) is 6.20 Å². The normalized spacial score (nSPS) is 9.25. The molecule has 1 aromatic heterocycles. The first-order valence-corrected chi connectivity index (χ1v) is 2.77. The average molecular weight is 175 g/mol. The van der Waals surface area contributed by atoms with E-state index in [9.17, 15) is 4.39 Å². The molecule has 41 valence electrons. The highest BCUT2D eigenvalue weighted by Gasteiger charge is 1.92. The molecule has 0 aliphatic heterocycles. The van der Waals surface area contributed by atoms with Crippen molar-refractivity contribution in [1.29, 1.82) is 0 Å². The van der Waals surface area contributed by atoms with Crippen LogP contribution in [0.25, 0.3) is 0 Å². The molecule has 0 saturated carbocycles. The van der Waals surface area contributed by atoms with E-state index in [-0.39, 0.29) is 5.82 Å². The lowest BCUT2D eigenvalue weighted by molar-refractivity contribution is 0.614. The predicted molar refractivity (Wildman–Crippen MR) is 30.7 cm³/mol. The fourth-order valence-electron chi connectivity index (χ4n) is 0.318. The van der Waals surface area contributed by atoms with Crippen molar-refractivity contribution in [2.75, 3.05) is 0 Å². The SMILES string of the molecule is Fc1cn[c]cc1Br. The molecule has 0 amide bonds. The lowest BCUT2D eigenvalue weighted by Gasteiger charge is -1.86. The molecule has 0 aliphatic rings. The first-order chi connectivity index (χ1) is 3.80. The summed E-state index contributed by atoms with van der Waals surface area (Å²) in [4.78, 5) is 3.42. The number of hydrogen-bond donors (Lipinski definition) is 0. The molecule has 0 unspecified atom stereocenters. The first kappa shape index (κ1) is 5.69. The smallest absolute Gasteiger partial charge is 0.155 e. The lowest BCUT2D eigenvalue weighted by Crippen LogP contribution is -1.76. The second kappa shape index (κ2) is 2.22. The van der Waals surface area contributed by atoms with Gasteiger partial charge in [-0.15, -0.1) is 0 Å². The highest BCUT2D eigenvalue weighted by atomic mass is 79.9. The van der Waals surface area contributed by atoms with Gasteiger partial charge in [0, 0.05) is 0 Å². The zero-order chi connectivity index (χ0) is 5.98. The van der Waals surface area contributed by atoms with E-state index in [4.69, 9.17) is 0 Å². The largest absolute Gasteiger partial charge is 0.251 e. The van der Waals surface area contributed by atoms with Crippen LogP contribution in [0, 0.1) is 12.0 Å². The lowest BCUT2D eigenvalue weighted by atomic mass is 10.5. The third kappa shape index (κ3) is 1.04. The molecule has 0 fully saturated rings. The van der Waals surface area contributed by atoms with Gasteiger partial charge in [-0.1, -0.05) is 0 Å². The molecule has 8 heavy (non-hydrogen) atoms. The summed E-state index contributed by atoms with van der Waals surface area (Å²) < 4.78 is 12.6. The van der Waals surface area contributed by atoms with Gasteiger partial charge in [-0.25, -0.2) is 4.39 Å². The molecule has 1 heterocycles. The van der Waals surface area contributed by atoms with Crippen LogP contribution >= 0.6 is 15.9 Å². The minimum absolute atomic E-state index is 0.358. The first-order valence-electron chi connectivity index (χ1n) is 1.98. The van der Waals surface area contributed by atoms with Crippen LogP contribution in [0.4, 0.5) is 4.39 Å². The summed E-state index contributed by atoms with van der Waals surface area (Å²) in [6, 6.07) is 1.43. The number of halogens is 2. The van der Waals surface area contributed by atoms with Crippen LogP contribution in [0.5, 0.6) is 0 Å². The number of hydrogen-bond acceptors (Lipinski definition) is 1. The van der Waals surface area contributed by atoms with Gasteiger partial charge in [-0.2, -0.15) is 0 Å². The van der Waals surface area contributed by atoms with E-state index in [0.29, 0.717) is 4.47 Å². The van der Waals surface area contributed by atoms with E-state index < -0.39 is 0 Å². The van der Waals surface area contributed by atoms with Crippen molar-refractivity contribution < 1.29 is 4.39 Å². The second-order valence-corrected chi connectivity index (χ2v) is 2.08. The zero-order valence-corrected chi connectivity index (χ0v) is 5.44. The van der Waals surface area contributed by atoms with Crippen molar-refractivity contribution in [3.8, 4) is 0 Å². The quantitative estimate of drug-likeness (QED) is 0.585. The summed E-state index contributed by atoms with van der Waals surface area (Å²) in [6.07, 6.45) is 3.57. The summed E-state index contributed by atoms with van der Waals surface area (Å²) in [5.41, 5.74) is 0. The van der Waals surface area contributed by atoms with Crippen molar-refractivity contribution in [1.82, 2.24) is 4.98 Å². The Kier molecular flexibility index (Phi) is 1.58. The van der Waals surface area contributed by atoms with Gasteiger partial charge >= 0.3 is 0 Å². The summed E-state index contributed by atoms with van der Waals surface area (Å²) >= 11 is 2.95. The van der Waals surface area contributed by atoms with Gasteiger partial charge < -0.3 is 0 Å². The minimum atomic E-state index is -0.358. The van der Waals surface area contributed by atoms with Gasteiger partial charge in [0.2, 0.25) is 0 Å². The third-order valence-electron chi connectivity index (χ3n) is 0.672. The van der Waals surface area contributed by atoms with Crippen LogP contribution in [-0.4, -0.2) is 4.98 Å². The Balaban J connectivity index is 3.13. The average Bonchev–Trinajstić information content (AvgIpc) is 1.77. The van der Waals surface area contributed by atoms with Gasteiger partial charge in [-0.3, -0.25) is 4.98 Å². The number of nitrogens with zero attached hydrogens (tertiary/aromatic N) is 1. The highest BCUT2D eigenvalue weighted by Crippen LogP contribution is 2.10. The fraction of sp³-hybridized carbons (Fsp3) is 0. The van der Waals surface area contributed by atoms with Crippen molar-refractivity contribution in [2.45, 2.75) is 0 Å². The maximum atomic E-state index is 12.2. The van der Waals surface area contributed by atoms with Crippen molar-refractivity contribution in [2.24, 2.45) is 0 Å². The van der Waals surface area contributed by atoms with E-state index in [2.05, 4.69) is 27.1 Å². The van der Waals surface area contributed by atoms with Gasteiger partial charge in [0.15, 0.2) is 5.82 Å². The van der Waals surface area contributed by atoms with Crippen LogP contribution in [-0.2, 0) is 0 Å². The molecule has 0 aliphatic carbocycles. The van der Waals surface area contributed by atoms with Crippen molar-refractivity contribution >= 4 is 15.9 Å². The van der Waals surface area contributed by atoms with Crippen LogP contribution in [0.15, 0.2) is 16.7 Å². The molecule has 1 aromatic rings. The summed E-state index contributed by atoms with van der Waals surface area (Å²) in [5, 5.41) is 0. The molecule has 0 saturated heterocycles. The monoisotopic (exact) mass is 174 g/mol. The molecule has 1 nitrogen and oxygen atoms in total. The van der Waals surface area contributed by atoms with Crippen molar-refractivity contribution in [3.63, 3.8) is 0 Å². The maximum absolute atomic E-state index is 12.2. The molecule has 0 N–H and O–H groups in total. The second-order valence-electron chi connectivity index (χ2n) is 1.23. The summed E-state index contributed by atoms with van der Waals surface area (Å²) in [6.45, 7) is 0. The molecular formula is C5H2BrFN. The molecule has 0 aromatic carbocycles. The standard InChI is InChI=1S/C5H2BrFN/c6-4-1-2-8-3-5(4)7/h1,3H. The minimum Gasteiger partial charge on any atom is -0.251 e. The zero-order valence-electron chi connectivity index (χ0n) is 3.86. The topological polar surface area (TPSA) is 12.9 Å². The fourth-order valence-corrected chi connectivity index (χ4v) is 0.523. The Hall–Kier alpha value is -0.440. The molecule has 0 atom stereocenters. The van der Waals surface area contributed by atoms with E-state index in [1.54, 1.807) is 0 Å². The van der Waals surface area contributed by atoms with Crippen molar-refractivity contribution in [3.05, 3.63) is 28.7 Å². The van der Waals surface area contributed by atoms with E-state index in [1.807, 2.05) is 0 Å². The van der Waals surface area contributed by atoms with Gasteiger partial charge in [0.25, 0.3) is 0 Å². The number of aromatic nitrogens is 1. The Morgan fingerprint density at radius 3 is 2.88 bits per heavy atom. The van der Waals surface area contributed by atoms with Gasteiger partial charge in [-0.05, 0) is 22.0 Å². The van der Waals surface area contributed by atoms with E-state index >= 15 is 0 Å². The van der Waals surface area contributed by atoms with Crippen LogP contribution in [0.3, 0.4) is 0 Å². The molecule has 1 rings (SSSR count). The third-order valence-corrected chi connectivity index (χ3v) is 1.28. The van der Waals surface area contributed by atoms with Crippen LogP contribution < -0.4 is 0 Å². The highest BCUT2D eigenvalue weighted by molar-refractivity contribution is 9.10. The summed E-state index contributed by atoms with van der Waals surface area (Å²) in [7, 11) is 0. The van der Waals surface area contributed by atoms with E-state index in [1.165, 1.54) is 6.07 Å². The molecular weight excluding hydrogens is 173 g/mol. The molecule has 0 spiro atoms. The Morgan fingerprint density at radius 2 is 2.50 bits per heavy atom. The predicted octanol–water partition coefficient (Wildman–Crippen LogP) is 1.78. The number of rotatable bonds is 0. The number of pyridine rings is 1. The van der Waals surface area contributed by atoms with Crippen LogP contribution in [0.1, 0.15) is 0 Å². The van der Waals surface area contributed by atoms with Gasteiger partial charge in [0.05, 0.1) is 16.9 Å². The summed E-state index contributed by atoms with van der Waals surface area (Å²) in [5.74, 6) is -0.358. The molecule has 3 heteroatoms. The Labute approximate surface area is 54.7 Å². The Morgan fingerprint density at radius 1 is 1.75 bits per heavy atom. The molecule has 1 radical (unpaired) electrons. The van der Waals surface area contributed by atoms with Crippen LogP contribution in [0.2, 0.25) is 0 Å². The maximum Gasteiger partial charge on any atom is 0.155 e. The Bertz CT molecular complexity index is 169. The van der Waals surface area contributed by atoms with Gasteiger partial charge in [0.1, 0.15) is 0 Å².